The van der Waals surface area contributed by atoms with Crippen molar-refractivity contribution in [3.63, 3.8) is 0 Å². The molecule has 4 aromatic carbocycles. The fourth-order valence-electron chi connectivity index (χ4n) is 4.81. The number of para-hydroxylation sites is 2. The summed E-state index contributed by atoms with van der Waals surface area (Å²) in [4.78, 5) is 4.67. The van der Waals surface area contributed by atoms with Crippen molar-refractivity contribution in [2.75, 3.05) is 0 Å². The molecule has 0 saturated carbocycles. The monoisotopic (exact) mass is 486 g/mol. The number of benzene rings is 4. The average molecular weight is 487 g/mol. The highest BCUT2D eigenvalue weighted by atomic mass is 28.3. The van der Waals surface area contributed by atoms with E-state index in [4.69, 9.17) is 8.53 Å². The zero-order valence-corrected chi connectivity index (χ0v) is 21.7. The van der Waals surface area contributed by atoms with Gasteiger partial charge in [-0.25, -0.2) is 0 Å². The molecule has 2 aromatic heterocycles. The molecule has 0 unspecified atom stereocenters. The van der Waals surface area contributed by atoms with Crippen LogP contribution in [-0.2, 0) is 0 Å². The minimum atomic E-state index is -2.18. The Morgan fingerprint density at radius 3 is 2.28 bits per heavy atom. The van der Waals surface area contributed by atoms with E-state index in [2.05, 4.69) is 48.9 Å². The second kappa shape index (κ2) is 8.61. The number of nitrogens with zero attached hydrogens (tertiary/aromatic N) is 1. The standard InChI is InChI=1S/C33H29NOSi/c1-22-20-26(36(2,3)4)16-17-27(22)24-14-12-23(13-15-24)25-18-19-34-31(21-25)30-10-7-9-29-28-8-5-6-11-32(28)35-33(29)30/h5-21H,1-4H3/i1D3. The Morgan fingerprint density at radius 2 is 1.47 bits per heavy atom. The molecule has 3 heteroatoms. The zero-order chi connectivity index (χ0) is 27.4. The van der Waals surface area contributed by atoms with Crippen LogP contribution in [0, 0.1) is 6.85 Å². The molecule has 0 saturated heterocycles. The molecule has 0 radical (unpaired) electrons. The first-order chi connectivity index (χ1) is 18.6. The summed E-state index contributed by atoms with van der Waals surface area (Å²) < 4.78 is 30.8. The van der Waals surface area contributed by atoms with Crippen molar-refractivity contribution in [1.29, 1.82) is 0 Å². The van der Waals surface area contributed by atoms with Crippen molar-refractivity contribution in [1.82, 2.24) is 4.98 Å². The Balaban J connectivity index is 1.38. The van der Waals surface area contributed by atoms with Gasteiger partial charge in [0.05, 0.1) is 13.8 Å². The predicted octanol–water partition coefficient (Wildman–Crippen LogP) is 8.84. The first-order valence-electron chi connectivity index (χ1n) is 13.7. The topological polar surface area (TPSA) is 26.0 Å². The number of aryl methyl sites for hydroxylation is 1. The summed E-state index contributed by atoms with van der Waals surface area (Å²) in [5.74, 6) is 0. The predicted molar refractivity (Wildman–Crippen MR) is 156 cm³/mol. The lowest BCUT2D eigenvalue weighted by Gasteiger charge is -2.18. The van der Waals surface area contributed by atoms with E-state index < -0.39 is 14.9 Å². The van der Waals surface area contributed by atoms with Gasteiger partial charge in [-0.3, -0.25) is 4.98 Å². The summed E-state index contributed by atoms with van der Waals surface area (Å²) in [6.45, 7) is 4.52. The summed E-state index contributed by atoms with van der Waals surface area (Å²) in [6, 6.07) is 32.4. The van der Waals surface area contributed by atoms with Gasteiger partial charge < -0.3 is 4.42 Å². The molecule has 0 aliphatic carbocycles. The van der Waals surface area contributed by atoms with Gasteiger partial charge in [-0.2, -0.15) is 0 Å². The molecule has 0 fully saturated rings. The number of aromatic nitrogens is 1. The largest absolute Gasteiger partial charge is 0.455 e. The third kappa shape index (κ3) is 3.96. The van der Waals surface area contributed by atoms with Crippen molar-refractivity contribution in [2.24, 2.45) is 0 Å². The Bertz CT molecular complexity index is 1830. The van der Waals surface area contributed by atoms with Crippen molar-refractivity contribution in [2.45, 2.75) is 26.5 Å². The van der Waals surface area contributed by atoms with Crippen LogP contribution in [0.2, 0.25) is 19.6 Å². The summed E-state index contributed by atoms with van der Waals surface area (Å²) in [6.07, 6.45) is 1.82. The quantitative estimate of drug-likeness (QED) is 0.233. The van der Waals surface area contributed by atoms with E-state index in [1.54, 1.807) is 0 Å². The molecule has 36 heavy (non-hydrogen) atoms. The lowest BCUT2D eigenvalue weighted by molar-refractivity contribution is 0.670. The molecular weight excluding hydrogens is 454 g/mol. The Kier molecular flexibility index (Phi) is 4.61. The van der Waals surface area contributed by atoms with Gasteiger partial charge in [0, 0.05) is 26.6 Å². The Morgan fingerprint density at radius 1 is 0.694 bits per heavy atom. The van der Waals surface area contributed by atoms with Crippen LogP contribution in [-0.4, -0.2) is 13.1 Å². The molecule has 0 amide bonds. The van der Waals surface area contributed by atoms with E-state index >= 15 is 0 Å². The molecule has 6 aromatic rings. The highest BCUT2D eigenvalue weighted by Gasteiger charge is 2.17. The van der Waals surface area contributed by atoms with Gasteiger partial charge in [0.2, 0.25) is 0 Å². The Hall–Kier alpha value is -3.95. The molecule has 0 aliphatic heterocycles. The number of fused-ring (bicyclic) bond motifs is 3. The lowest BCUT2D eigenvalue weighted by Crippen LogP contribution is -2.37. The smallest absolute Gasteiger partial charge is 0.144 e. The maximum absolute atomic E-state index is 8.17. The van der Waals surface area contributed by atoms with Gasteiger partial charge in [-0.1, -0.05) is 97.6 Å². The van der Waals surface area contributed by atoms with Crippen molar-refractivity contribution in [3.8, 4) is 33.5 Å². The molecule has 176 valence electrons. The van der Waals surface area contributed by atoms with Gasteiger partial charge >= 0.3 is 0 Å². The Labute approximate surface area is 217 Å². The summed E-state index contributed by atoms with van der Waals surface area (Å²) in [5.41, 5.74) is 7.63. The number of furan rings is 1. The maximum Gasteiger partial charge on any atom is 0.144 e. The van der Waals surface area contributed by atoms with Crippen molar-refractivity contribution in [3.05, 3.63) is 109 Å². The number of pyridine rings is 1. The van der Waals surface area contributed by atoms with Crippen LogP contribution < -0.4 is 5.19 Å². The number of rotatable bonds is 4. The first kappa shape index (κ1) is 19.3. The molecule has 0 atom stereocenters. The molecule has 2 nitrogen and oxygen atoms in total. The summed E-state index contributed by atoms with van der Waals surface area (Å²) in [5, 5.41) is 3.32. The fourth-order valence-corrected chi connectivity index (χ4v) is 5.97. The van der Waals surface area contributed by atoms with Crippen LogP contribution in [0.5, 0.6) is 0 Å². The van der Waals surface area contributed by atoms with Crippen molar-refractivity contribution < 1.29 is 8.53 Å². The van der Waals surface area contributed by atoms with Gasteiger partial charge in [0.25, 0.3) is 0 Å². The van der Waals surface area contributed by atoms with E-state index in [1.165, 1.54) is 0 Å². The van der Waals surface area contributed by atoms with Crippen LogP contribution in [0.3, 0.4) is 0 Å². The van der Waals surface area contributed by atoms with Gasteiger partial charge in [-0.15, -0.1) is 0 Å². The average Bonchev–Trinajstić information content (AvgIpc) is 3.31. The normalized spacial score (nSPS) is 13.5. The zero-order valence-electron chi connectivity index (χ0n) is 23.7. The fraction of sp³-hybridized carbons (Fsp3) is 0.121. The van der Waals surface area contributed by atoms with E-state index in [0.717, 1.165) is 60.6 Å². The minimum Gasteiger partial charge on any atom is -0.455 e. The van der Waals surface area contributed by atoms with Crippen molar-refractivity contribution >= 4 is 35.2 Å². The molecule has 0 bridgehead atoms. The molecule has 0 spiro atoms. The van der Waals surface area contributed by atoms with Crippen LogP contribution in [0.25, 0.3) is 55.4 Å². The number of hydrogen-bond donors (Lipinski definition) is 0. The van der Waals surface area contributed by atoms with E-state index in [0.29, 0.717) is 5.56 Å². The molecule has 2 heterocycles. The first-order valence-corrected chi connectivity index (χ1v) is 15.7. The van der Waals surface area contributed by atoms with E-state index in [-0.39, 0.29) is 0 Å². The van der Waals surface area contributed by atoms with Crippen LogP contribution in [0.4, 0.5) is 0 Å². The SMILES string of the molecule is [2H]C([2H])([2H])c1cc([Si](C)(C)C)ccc1-c1ccc(-c2ccnc(-c3cccc4c3oc3ccccc34)c2)cc1. The molecule has 6 rings (SSSR count). The van der Waals surface area contributed by atoms with Gasteiger partial charge in [-0.05, 0) is 58.9 Å². The van der Waals surface area contributed by atoms with Gasteiger partial charge in [0.15, 0.2) is 0 Å². The van der Waals surface area contributed by atoms with Crippen LogP contribution in [0.15, 0.2) is 108 Å². The third-order valence-corrected chi connectivity index (χ3v) is 8.90. The van der Waals surface area contributed by atoms with E-state index in [9.17, 15) is 0 Å². The summed E-state index contributed by atoms with van der Waals surface area (Å²) in [7, 11) is -1.64. The van der Waals surface area contributed by atoms with E-state index in [1.807, 2.05) is 79.0 Å². The molecule has 0 aliphatic rings. The molecular formula is C33H29NOSi. The third-order valence-electron chi connectivity index (χ3n) is 6.86. The second-order valence-electron chi connectivity index (χ2n) is 10.3. The summed E-state index contributed by atoms with van der Waals surface area (Å²) >= 11 is 0. The van der Waals surface area contributed by atoms with Crippen LogP contribution >= 0.6 is 0 Å². The van der Waals surface area contributed by atoms with Gasteiger partial charge in [0.1, 0.15) is 11.2 Å². The minimum absolute atomic E-state index is 0.417. The highest BCUT2D eigenvalue weighted by molar-refractivity contribution is 6.88. The maximum atomic E-state index is 8.17. The lowest BCUT2D eigenvalue weighted by atomic mass is 9.97. The second-order valence-corrected chi connectivity index (χ2v) is 15.4. The number of hydrogen-bond acceptors (Lipinski definition) is 2. The molecule has 0 N–H and O–H groups in total. The van der Waals surface area contributed by atoms with Crippen LogP contribution in [0.1, 0.15) is 9.68 Å². The highest BCUT2D eigenvalue weighted by Crippen LogP contribution is 2.36.